The summed E-state index contributed by atoms with van der Waals surface area (Å²) in [5, 5.41) is 3.08. The maximum Gasteiger partial charge on any atom is 0.166 e. The molecule has 0 unspecified atom stereocenters. The summed E-state index contributed by atoms with van der Waals surface area (Å²) in [6, 6.07) is 10.7. The number of halogens is 1. The molecule has 0 aliphatic rings. The zero-order valence-corrected chi connectivity index (χ0v) is 12.2. The van der Waals surface area contributed by atoms with Crippen molar-refractivity contribution in [1.29, 1.82) is 0 Å². The Morgan fingerprint density at radius 1 is 1.38 bits per heavy atom. The van der Waals surface area contributed by atoms with Gasteiger partial charge in [0.15, 0.2) is 5.82 Å². The van der Waals surface area contributed by atoms with E-state index in [0.717, 1.165) is 29.4 Å². The summed E-state index contributed by atoms with van der Waals surface area (Å²) in [7, 11) is 0. The van der Waals surface area contributed by atoms with E-state index in [2.05, 4.69) is 24.9 Å². The smallest absolute Gasteiger partial charge is 0.166 e. The number of anilines is 1. The van der Waals surface area contributed by atoms with Crippen LogP contribution < -0.4 is 5.01 Å². The van der Waals surface area contributed by atoms with Gasteiger partial charge in [-0.2, -0.15) is 0 Å². The summed E-state index contributed by atoms with van der Waals surface area (Å²) in [5.74, 6) is -0.312. The van der Waals surface area contributed by atoms with Crippen molar-refractivity contribution in [2.45, 2.75) is 20.3 Å². The molecule has 1 radical (unpaired) electrons. The molecule has 0 amide bonds. The second-order valence-corrected chi connectivity index (χ2v) is 5.05. The fourth-order valence-corrected chi connectivity index (χ4v) is 2.59. The summed E-state index contributed by atoms with van der Waals surface area (Å²) in [6.45, 7) is 4.86. The number of hydrogen-bond donors (Lipinski definition) is 0. The molecule has 0 saturated heterocycles. The maximum absolute atomic E-state index is 14.1. The predicted octanol–water partition coefficient (Wildman–Crippen LogP) is 3.96. The normalized spacial score (nSPS) is 11.0. The van der Waals surface area contributed by atoms with E-state index in [-0.39, 0.29) is 5.82 Å². The fraction of sp³-hybridized carbons (Fsp3) is 0.235. The molecule has 0 bridgehead atoms. The van der Waals surface area contributed by atoms with Gasteiger partial charge in [0.1, 0.15) is 0 Å². The second-order valence-electron chi connectivity index (χ2n) is 5.05. The molecule has 0 N–H and O–H groups in total. The van der Waals surface area contributed by atoms with Crippen molar-refractivity contribution >= 4 is 16.6 Å². The summed E-state index contributed by atoms with van der Waals surface area (Å²) in [4.78, 5) is 3.83. The molecule has 0 aliphatic heterocycles. The molecule has 0 fully saturated rings. The number of pyridine rings is 1. The molecule has 0 saturated carbocycles. The third kappa shape index (κ3) is 2.37. The first-order chi connectivity index (χ1) is 10.2. The van der Waals surface area contributed by atoms with E-state index in [0.29, 0.717) is 5.69 Å². The van der Waals surface area contributed by atoms with Crippen LogP contribution in [0, 0.1) is 18.8 Å². The van der Waals surface area contributed by atoms with Crippen molar-refractivity contribution in [2.75, 3.05) is 11.6 Å². The lowest BCUT2D eigenvalue weighted by Crippen LogP contribution is -2.30. The maximum atomic E-state index is 14.1. The third-order valence-corrected chi connectivity index (χ3v) is 3.55. The largest absolute Gasteiger partial charge is 0.278 e. The molecule has 21 heavy (non-hydrogen) atoms. The van der Waals surface area contributed by atoms with Crippen LogP contribution in [0.15, 0.2) is 42.9 Å². The number of hydrogen-bond acceptors (Lipinski definition) is 2. The molecule has 0 atom stereocenters. The lowest BCUT2D eigenvalue weighted by atomic mass is 10.2. The summed E-state index contributed by atoms with van der Waals surface area (Å²) in [6.07, 6.45) is 5.82. The van der Waals surface area contributed by atoms with E-state index in [4.69, 9.17) is 0 Å². The zero-order valence-electron chi connectivity index (χ0n) is 12.2. The Balaban J connectivity index is 2.19. The number of aryl methyl sites for hydroxylation is 1. The highest BCUT2D eigenvalue weighted by Crippen LogP contribution is 2.26. The number of rotatable bonds is 4. The average molecular weight is 282 g/mol. The molecule has 0 spiro atoms. The average Bonchev–Trinajstić information content (AvgIpc) is 2.83. The Labute approximate surface area is 123 Å². The number of nitrogens with zero attached hydrogens (tertiary/aromatic N) is 3. The molecule has 2 aromatic heterocycles. The highest BCUT2D eigenvalue weighted by molar-refractivity contribution is 5.84. The Kier molecular flexibility index (Phi) is 3.60. The Morgan fingerprint density at radius 3 is 3.00 bits per heavy atom. The van der Waals surface area contributed by atoms with Crippen LogP contribution in [0.25, 0.3) is 10.9 Å². The van der Waals surface area contributed by atoms with E-state index in [1.54, 1.807) is 12.3 Å². The predicted molar refractivity (Wildman–Crippen MR) is 82.7 cm³/mol. The van der Waals surface area contributed by atoms with Crippen LogP contribution >= 0.6 is 0 Å². The first kappa shape index (κ1) is 13.6. The van der Waals surface area contributed by atoms with E-state index in [9.17, 15) is 4.39 Å². The monoisotopic (exact) mass is 282 g/mol. The van der Waals surface area contributed by atoms with E-state index >= 15 is 0 Å². The lowest BCUT2D eigenvalue weighted by molar-refractivity contribution is 0.596. The molecule has 107 valence electrons. The van der Waals surface area contributed by atoms with Crippen LogP contribution in [-0.2, 0) is 0 Å². The Hall–Kier alpha value is -2.36. The van der Waals surface area contributed by atoms with Crippen LogP contribution in [-0.4, -0.2) is 16.2 Å². The van der Waals surface area contributed by atoms with Gasteiger partial charge in [-0.3, -0.25) is 14.7 Å². The summed E-state index contributed by atoms with van der Waals surface area (Å²) < 4.78 is 16.1. The van der Waals surface area contributed by atoms with Gasteiger partial charge in [-0.1, -0.05) is 13.0 Å². The van der Waals surface area contributed by atoms with Gasteiger partial charge in [0.25, 0.3) is 0 Å². The zero-order chi connectivity index (χ0) is 14.8. The number of fused-ring (bicyclic) bond motifs is 1. The quantitative estimate of drug-likeness (QED) is 0.722. The Bertz CT molecular complexity index is 764. The third-order valence-electron chi connectivity index (χ3n) is 3.55. The topological polar surface area (TPSA) is 21.1 Å². The first-order valence-electron chi connectivity index (χ1n) is 7.07. The van der Waals surface area contributed by atoms with Gasteiger partial charge in [-0.05, 0) is 43.2 Å². The summed E-state index contributed by atoms with van der Waals surface area (Å²) >= 11 is 0. The van der Waals surface area contributed by atoms with E-state index < -0.39 is 0 Å². The molecule has 2 heterocycles. The van der Waals surface area contributed by atoms with Gasteiger partial charge in [0.2, 0.25) is 0 Å². The van der Waals surface area contributed by atoms with Gasteiger partial charge in [-0.25, -0.2) is 4.39 Å². The Morgan fingerprint density at radius 2 is 2.24 bits per heavy atom. The fourth-order valence-electron chi connectivity index (χ4n) is 2.59. The molecule has 3 nitrogen and oxygen atoms in total. The van der Waals surface area contributed by atoms with Crippen LogP contribution in [0.5, 0.6) is 0 Å². The molecule has 3 rings (SSSR count). The molecule has 0 aliphatic carbocycles. The van der Waals surface area contributed by atoms with Gasteiger partial charge in [0, 0.05) is 24.3 Å². The minimum absolute atomic E-state index is 0.312. The molecule has 1 aromatic carbocycles. The highest BCUT2D eigenvalue weighted by Gasteiger charge is 2.15. The first-order valence-corrected chi connectivity index (χ1v) is 7.07. The van der Waals surface area contributed by atoms with Crippen molar-refractivity contribution < 1.29 is 4.39 Å². The van der Waals surface area contributed by atoms with Gasteiger partial charge < -0.3 is 0 Å². The minimum atomic E-state index is -0.312. The molecule has 3 aromatic rings. The van der Waals surface area contributed by atoms with E-state index in [1.165, 1.54) is 6.20 Å². The van der Waals surface area contributed by atoms with Gasteiger partial charge in [-0.15, -0.1) is 0 Å². The van der Waals surface area contributed by atoms with Crippen LogP contribution in [0.1, 0.15) is 18.9 Å². The van der Waals surface area contributed by atoms with Crippen LogP contribution in [0.2, 0.25) is 0 Å². The van der Waals surface area contributed by atoms with Crippen molar-refractivity contribution in [3.63, 3.8) is 0 Å². The standard InChI is InChI=1S/C17H17FN3/c1-3-10-20(17-8-9-19-11-15(17)18)21-12-13(2)14-6-4-5-7-16(14)21/h5-9,11-12H,3,10H2,1-2H3. The lowest BCUT2D eigenvalue weighted by Gasteiger charge is -2.26. The highest BCUT2D eigenvalue weighted by atomic mass is 19.1. The van der Waals surface area contributed by atoms with Crippen LogP contribution in [0.4, 0.5) is 10.1 Å². The SMILES string of the molecule is CCCN(c1ccncc1F)n1cc(C)c2c[c]ccc21. The molecule has 4 heteroatoms. The number of benzene rings is 1. The van der Waals surface area contributed by atoms with Crippen molar-refractivity contribution in [3.8, 4) is 0 Å². The van der Waals surface area contributed by atoms with Crippen LogP contribution in [0.3, 0.4) is 0 Å². The van der Waals surface area contributed by atoms with Crippen molar-refractivity contribution in [1.82, 2.24) is 9.66 Å². The van der Waals surface area contributed by atoms with Crippen molar-refractivity contribution in [2.24, 2.45) is 0 Å². The van der Waals surface area contributed by atoms with Gasteiger partial charge in [0.05, 0.1) is 17.4 Å². The van der Waals surface area contributed by atoms with Gasteiger partial charge >= 0.3 is 0 Å². The van der Waals surface area contributed by atoms with Crippen molar-refractivity contribution in [3.05, 3.63) is 60.3 Å². The molecular formula is C17H17FN3. The summed E-state index contributed by atoms with van der Waals surface area (Å²) in [5.41, 5.74) is 2.74. The van der Waals surface area contributed by atoms with E-state index in [1.807, 2.05) is 34.1 Å². The molecular weight excluding hydrogens is 265 g/mol. The second kappa shape index (κ2) is 5.56. The minimum Gasteiger partial charge on any atom is -0.278 e. The number of aromatic nitrogens is 2.